The van der Waals surface area contributed by atoms with Gasteiger partial charge in [0.2, 0.25) is 11.8 Å². The third-order valence-electron chi connectivity index (χ3n) is 4.55. The number of likely N-dealkylation sites (tertiary alicyclic amines) is 1. The van der Waals surface area contributed by atoms with Crippen LogP contribution in [0.4, 0.5) is 0 Å². The Morgan fingerprint density at radius 2 is 1.83 bits per heavy atom. The number of carbonyl (C=O) groups excluding carboxylic acids is 2. The minimum atomic E-state index is -0.254. The molecule has 0 atom stereocenters. The number of methoxy groups -OCH3 is 2. The number of primary amides is 1. The van der Waals surface area contributed by atoms with Crippen molar-refractivity contribution in [2.45, 2.75) is 32.1 Å². The molecular formula is C18H26N2O4. The number of amides is 2. The first-order valence-electron chi connectivity index (χ1n) is 8.33. The van der Waals surface area contributed by atoms with Gasteiger partial charge >= 0.3 is 0 Å². The first-order valence-corrected chi connectivity index (χ1v) is 8.33. The van der Waals surface area contributed by atoms with E-state index in [1.165, 1.54) is 0 Å². The molecule has 0 radical (unpaired) electrons. The first-order chi connectivity index (χ1) is 11.5. The van der Waals surface area contributed by atoms with E-state index in [2.05, 4.69) is 0 Å². The second-order valence-corrected chi connectivity index (χ2v) is 6.10. The molecule has 0 spiro atoms. The monoisotopic (exact) mass is 334 g/mol. The molecule has 24 heavy (non-hydrogen) atoms. The fraction of sp³-hybridized carbons (Fsp3) is 0.556. The van der Waals surface area contributed by atoms with E-state index < -0.39 is 0 Å². The average Bonchev–Trinajstić information content (AvgIpc) is 2.61. The Labute approximate surface area is 142 Å². The van der Waals surface area contributed by atoms with E-state index in [0.717, 1.165) is 18.4 Å². The van der Waals surface area contributed by atoms with Gasteiger partial charge in [-0.1, -0.05) is 6.07 Å². The van der Waals surface area contributed by atoms with Crippen LogP contribution in [0.1, 0.15) is 31.2 Å². The topological polar surface area (TPSA) is 81.9 Å². The third kappa shape index (κ3) is 4.63. The maximum atomic E-state index is 12.3. The molecule has 0 saturated carbocycles. The molecule has 6 nitrogen and oxygen atoms in total. The smallest absolute Gasteiger partial charge is 0.222 e. The number of hydrogen-bond acceptors (Lipinski definition) is 4. The summed E-state index contributed by atoms with van der Waals surface area (Å²) in [5, 5.41) is 0. The highest BCUT2D eigenvalue weighted by Gasteiger charge is 2.25. The summed E-state index contributed by atoms with van der Waals surface area (Å²) in [6.07, 6.45) is 3.46. The van der Waals surface area contributed by atoms with Crippen LogP contribution in [0.3, 0.4) is 0 Å². The molecule has 1 saturated heterocycles. The SMILES string of the molecule is COc1ccc(CCCC(=O)N2CCC(C(N)=O)CC2)cc1OC. The van der Waals surface area contributed by atoms with Crippen molar-refractivity contribution >= 4 is 11.8 Å². The Bertz CT molecular complexity index is 580. The van der Waals surface area contributed by atoms with Gasteiger partial charge in [-0.3, -0.25) is 9.59 Å². The van der Waals surface area contributed by atoms with Crippen molar-refractivity contribution in [3.05, 3.63) is 23.8 Å². The maximum Gasteiger partial charge on any atom is 0.222 e. The summed E-state index contributed by atoms with van der Waals surface area (Å²) >= 11 is 0. The maximum absolute atomic E-state index is 12.3. The van der Waals surface area contributed by atoms with Crippen LogP contribution in [-0.4, -0.2) is 44.0 Å². The van der Waals surface area contributed by atoms with Gasteiger partial charge in [-0.05, 0) is 43.4 Å². The fourth-order valence-corrected chi connectivity index (χ4v) is 3.05. The average molecular weight is 334 g/mol. The van der Waals surface area contributed by atoms with Gasteiger partial charge in [0.1, 0.15) is 0 Å². The zero-order valence-electron chi connectivity index (χ0n) is 14.4. The van der Waals surface area contributed by atoms with Crippen LogP contribution in [0.25, 0.3) is 0 Å². The fourth-order valence-electron chi connectivity index (χ4n) is 3.05. The summed E-state index contributed by atoms with van der Waals surface area (Å²) in [4.78, 5) is 25.3. The standard InChI is InChI=1S/C18H26N2O4/c1-23-15-7-6-13(12-16(15)24-2)4-3-5-17(21)20-10-8-14(9-11-20)18(19)22/h6-7,12,14H,3-5,8-11H2,1-2H3,(H2,19,22). The number of benzene rings is 1. The third-order valence-corrected chi connectivity index (χ3v) is 4.55. The molecule has 1 aromatic carbocycles. The van der Waals surface area contributed by atoms with Gasteiger partial charge in [-0.25, -0.2) is 0 Å². The Kier molecular flexibility index (Phi) is 6.46. The zero-order chi connectivity index (χ0) is 17.5. The lowest BCUT2D eigenvalue weighted by atomic mass is 9.96. The number of rotatable bonds is 7. The van der Waals surface area contributed by atoms with Crippen molar-refractivity contribution in [2.75, 3.05) is 27.3 Å². The molecule has 0 aliphatic carbocycles. The van der Waals surface area contributed by atoms with Crippen LogP contribution < -0.4 is 15.2 Å². The molecule has 0 bridgehead atoms. The molecule has 2 rings (SSSR count). The van der Waals surface area contributed by atoms with Gasteiger partial charge in [-0.2, -0.15) is 0 Å². The largest absolute Gasteiger partial charge is 0.493 e. The van der Waals surface area contributed by atoms with Gasteiger partial charge < -0.3 is 20.1 Å². The quantitative estimate of drug-likeness (QED) is 0.823. The molecule has 6 heteroatoms. The van der Waals surface area contributed by atoms with Crippen molar-refractivity contribution in [1.29, 1.82) is 0 Å². The molecule has 2 N–H and O–H groups in total. The molecular weight excluding hydrogens is 308 g/mol. The van der Waals surface area contributed by atoms with Crippen LogP contribution in [0.2, 0.25) is 0 Å². The van der Waals surface area contributed by atoms with E-state index in [1.807, 2.05) is 23.1 Å². The van der Waals surface area contributed by atoms with Crippen LogP contribution in [0.15, 0.2) is 18.2 Å². The van der Waals surface area contributed by atoms with Gasteiger partial charge in [0.15, 0.2) is 11.5 Å². The van der Waals surface area contributed by atoms with Gasteiger partial charge in [-0.15, -0.1) is 0 Å². The summed E-state index contributed by atoms with van der Waals surface area (Å²) in [5.41, 5.74) is 6.43. The number of piperidine rings is 1. The molecule has 1 heterocycles. The number of aryl methyl sites for hydroxylation is 1. The number of carbonyl (C=O) groups is 2. The molecule has 0 aromatic heterocycles. The van der Waals surface area contributed by atoms with Gasteiger partial charge in [0, 0.05) is 25.4 Å². The minimum Gasteiger partial charge on any atom is -0.493 e. The number of ether oxygens (including phenoxy) is 2. The van der Waals surface area contributed by atoms with Crippen LogP contribution in [0.5, 0.6) is 11.5 Å². The second-order valence-electron chi connectivity index (χ2n) is 6.10. The van der Waals surface area contributed by atoms with E-state index in [9.17, 15) is 9.59 Å². The predicted molar refractivity (Wildman–Crippen MR) is 91.0 cm³/mol. The molecule has 1 aliphatic heterocycles. The lowest BCUT2D eigenvalue weighted by molar-refractivity contribution is -0.134. The summed E-state index contributed by atoms with van der Waals surface area (Å²) in [6, 6.07) is 5.82. The normalized spacial score (nSPS) is 15.2. The number of hydrogen-bond donors (Lipinski definition) is 1. The Balaban J connectivity index is 1.78. The number of nitrogens with zero attached hydrogens (tertiary/aromatic N) is 1. The highest BCUT2D eigenvalue weighted by atomic mass is 16.5. The van der Waals surface area contributed by atoms with Crippen molar-refractivity contribution < 1.29 is 19.1 Å². The van der Waals surface area contributed by atoms with E-state index in [-0.39, 0.29) is 17.7 Å². The van der Waals surface area contributed by atoms with Crippen LogP contribution in [-0.2, 0) is 16.0 Å². The summed E-state index contributed by atoms with van der Waals surface area (Å²) in [6.45, 7) is 1.26. The Morgan fingerprint density at radius 1 is 1.17 bits per heavy atom. The molecule has 1 aromatic rings. The van der Waals surface area contributed by atoms with Crippen LogP contribution >= 0.6 is 0 Å². The number of nitrogens with two attached hydrogens (primary N) is 1. The highest BCUT2D eigenvalue weighted by molar-refractivity contribution is 5.78. The predicted octanol–water partition coefficient (Wildman–Crippen LogP) is 1.75. The summed E-state index contributed by atoms with van der Waals surface area (Å²) < 4.78 is 10.5. The van der Waals surface area contributed by atoms with Crippen molar-refractivity contribution in [3.63, 3.8) is 0 Å². The van der Waals surface area contributed by atoms with Crippen molar-refractivity contribution in [3.8, 4) is 11.5 Å². The molecule has 1 aliphatic rings. The van der Waals surface area contributed by atoms with E-state index in [0.29, 0.717) is 43.9 Å². The van der Waals surface area contributed by atoms with Gasteiger partial charge in [0.25, 0.3) is 0 Å². The van der Waals surface area contributed by atoms with E-state index in [4.69, 9.17) is 15.2 Å². The Hall–Kier alpha value is -2.24. The lowest BCUT2D eigenvalue weighted by Crippen LogP contribution is -2.41. The molecule has 1 fully saturated rings. The summed E-state index contributed by atoms with van der Waals surface area (Å²) in [5.74, 6) is 1.22. The second kappa shape index (κ2) is 8.57. The summed E-state index contributed by atoms with van der Waals surface area (Å²) in [7, 11) is 3.22. The van der Waals surface area contributed by atoms with Crippen molar-refractivity contribution in [1.82, 2.24) is 4.90 Å². The van der Waals surface area contributed by atoms with Crippen LogP contribution in [0, 0.1) is 5.92 Å². The van der Waals surface area contributed by atoms with E-state index >= 15 is 0 Å². The van der Waals surface area contributed by atoms with E-state index in [1.54, 1.807) is 14.2 Å². The molecule has 2 amide bonds. The highest BCUT2D eigenvalue weighted by Crippen LogP contribution is 2.28. The molecule has 0 unspecified atom stereocenters. The lowest BCUT2D eigenvalue weighted by Gasteiger charge is -2.30. The Morgan fingerprint density at radius 3 is 2.42 bits per heavy atom. The zero-order valence-corrected chi connectivity index (χ0v) is 14.4. The minimum absolute atomic E-state index is 0.0826. The first kappa shape index (κ1) is 18.1. The van der Waals surface area contributed by atoms with Gasteiger partial charge in [0.05, 0.1) is 14.2 Å². The van der Waals surface area contributed by atoms with Crippen molar-refractivity contribution in [2.24, 2.45) is 11.7 Å². The molecule has 132 valence electrons.